The summed E-state index contributed by atoms with van der Waals surface area (Å²) in [5, 5.41) is 0. The van der Waals surface area contributed by atoms with Crippen LogP contribution in [0.5, 0.6) is 0 Å². The van der Waals surface area contributed by atoms with Gasteiger partial charge in [0, 0.05) is 12.8 Å². The second-order valence-electron chi connectivity index (χ2n) is 12.5. The molecule has 0 saturated heterocycles. The summed E-state index contributed by atoms with van der Waals surface area (Å²) >= 11 is 0. The molecule has 6 heteroatoms. The standard InChI is InChI=1S/C14H28O3.C11H22O3/c1-13(2,3)11-9-7-8-10-12(15)16-17-14(4,5)6;1-10(2,3)8-7-9(12)13-14-11(4,5)6/h7-11H2,1-6H3;7-8H2,1-6H3. The molecule has 0 aromatic heterocycles. The van der Waals surface area contributed by atoms with Crippen molar-refractivity contribution >= 4 is 11.9 Å². The number of unbranched alkanes of at least 4 members (excludes halogenated alkanes) is 2. The van der Waals surface area contributed by atoms with Crippen molar-refractivity contribution < 1.29 is 29.1 Å². The highest BCUT2D eigenvalue weighted by atomic mass is 17.2. The van der Waals surface area contributed by atoms with Crippen LogP contribution in [0.1, 0.15) is 128 Å². The molecule has 0 amide bonds. The zero-order valence-corrected chi connectivity index (χ0v) is 22.4. The maximum Gasteiger partial charge on any atom is 0.342 e. The first-order valence-electron chi connectivity index (χ1n) is 11.5. The summed E-state index contributed by atoms with van der Waals surface area (Å²) in [6, 6.07) is 0. The van der Waals surface area contributed by atoms with Crippen LogP contribution in [0.3, 0.4) is 0 Å². The molecule has 0 aliphatic rings. The van der Waals surface area contributed by atoms with Crippen LogP contribution in [0.2, 0.25) is 0 Å². The molecule has 0 spiro atoms. The maximum atomic E-state index is 11.3. The molecule has 0 saturated carbocycles. The third-order valence-electron chi connectivity index (χ3n) is 3.66. The molecule has 0 fully saturated rings. The van der Waals surface area contributed by atoms with E-state index in [4.69, 9.17) is 14.7 Å². The molecular formula is C25H50O6. The minimum absolute atomic E-state index is 0.154. The zero-order valence-electron chi connectivity index (χ0n) is 22.4. The van der Waals surface area contributed by atoms with Gasteiger partial charge in [-0.15, -0.1) is 0 Å². The Morgan fingerprint density at radius 2 is 0.903 bits per heavy atom. The van der Waals surface area contributed by atoms with Crippen molar-refractivity contribution in [2.24, 2.45) is 10.8 Å². The predicted molar refractivity (Wildman–Crippen MR) is 125 cm³/mol. The van der Waals surface area contributed by atoms with Crippen molar-refractivity contribution in [2.75, 3.05) is 0 Å². The predicted octanol–water partition coefficient (Wildman–Crippen LogP) is 7.34. The van der Waals surface area contributed by atoms with Crippen molar-refractivity contribution in [1.82, 2.24) is 0 Å². The van der Waals surface area contributed by atoms with Gasteiger partial charge in [-0.25, -0.2) is 9.59 Å². The molecule has 0 heterocycles. The monoisotopic (exact) mass is 446 g/mol. The van der Waals surface area contributed by atoms with Gasteiger partial charge in [0.1, 0.15) is 11.2 Å². The van der Waals surface area contributed by atoms with E-state index < -0.39 is 11.2 Å². The molecule has 0 atom stereocenters. The van der Waals surface area contributed by atoms with Gasteiger partial charge < -0.3 is 0 Å². The normalized spacial score (nSPS) is 12.6. The number of rotatable bonds is 9. The Morgan fingerprint density at radius 1 is 0.516 bits per heavy atom. The molecular weight excluding hydrogens is 396 g/mol. The highest BCUT2D eigenvalue weighted by molar-refractivity contribution is 5.68. The van der Waals surface area contributed by atoms with Gasteiger partial charge in [0.15, 0.2) is 0 Å². The Balaban J connectivity index is 0. The van der Waals surface area contributed by atoms with Gasteiger partial charge in [-0.3, -0.25) is 9.78 Å². The molecule has 0 unspecified atom stereocenters. The minimum Gasteiger partial charge on any atom is -0.298 e. The van der Waals surface area contributed by atoms with Crippen LogP contribution in [0.4, 0.5) is 0 Å². The first kappa shape index (κ1) is 32.0. The smallest absolute Gasteiger partial charge is 0.298 e. The van der Waals surface area contributed by atoms with E-state index in [1.165, 1.54) is 6.42 Å². The van der Waals surface area contributed by atoms with E-state index in [9.17, 15) is 9.59 Å². The fraction of sp³-hybridized carbons (Fsp3) is 0.920. The van der Waals surface area contributed by atoms with E-state index in [1.807, 2.05) is 41.5 Å². The maximum absolute atomic E-state index is 11.3. The topological polar surface area (TPSA) is 71.1 Å². The zero-order chi connectivity index (χ0) is 24.9. The third kappa shape index (κ3) is 31.1. The summed E-state index contributed by atoms with van der Waals surface area (Å²) in [6.07, 6.45) is 5.96. The SMILES string of the molecule is CC(C)(C)CCC(=O)OOC(C)(C)C.CC(C)(C)CCCCCC(=O)OOC(C)(C)C. The quantitative estimate of drug-likeness (QED) is 0.209. The van der Waals surface area contributed by atoms with E-state index in [-0.39, 0.29) is 17.4 Å². The van der Waals surface area contributed by atoms with Crippen LogP contribution in [-0.2, 0) is 29.1 Å². The lowest BCUT2D eigenvalue weighted by atomic mass is 9.89. The molecule has 0 rings (SSSR count). The summed E-state index contributed by atoms with van der Waals surface area (Å²) < 4.78 is 0. The van der Waals surface area contributed by atoms with Crippen LogP contribution in [0.25, 0.3) is 0 Å². The van der Waals surface area contributed by atoms with Crippen LogP contribution in [-0.4, -0.2) is 23.1 Å². The van der Waals surface area contributed by atoms with E-state index in [2.05, 4.69) is 46.4 Å². The lowest BCUT2D eigenvalue weighted by Crippen LogP contribution is -2.22. The highest BCUT2D eigenvalue weighted by Crippen LogP contribution is 2.22. The van der Waals surface area contributed by atoms with Crippen LogP contribution in [0, 0.1) is 10.8 Å². The van der Waals surface area contributed by atoms with Crippen LogP contribution < -0.4 is 0 Å². The average molecular weight is 447 g/mol. The number of hydrogen-bond donors (Lipinski definition) is 0. The fourth-order valence-corrected chi connectivity index (χ4v) is 2.00. The van der Waals surface area contributed by atoms with Crippen LogP contribution >= 0.6 is 0 Å². The van der Waals surface area contributed by atoms with E-state index in [1.54, 1.807) is 0 Å². The summed E-state index contributed by atoms with van der Waals surface area (Å²) in [4.78, 5) is 41.7. The van der Waals surface area contributed by atoms with Crippen LogP contribution in [0.15, 0.2) is 0 Å². The second-order valence-corrected chi connectivity index (χ2v) is 12.5. The van der Waals surface area contributed by atoms with Crippen molar-refractivity contribution in [1.29, 1.82) is 0 Å². The Hall–Kier alpha value is -1.14. The molecule has 186 valence electrons. The molecule has 0 aromatic carbocycles. The molecule has 0 N–H and O–H groups in total. The molecule has 0 aliphatic heterocycles. The number of carbonyl (C=O) groups is 2. The molecule has 0 aromatic rings. The molecule has 31 heavy (non-hydrogen) atoms. The van der Waals surface area contributed by atoms with Crippen molar-refractivity contribution in [3.63, 3.8) is 0 Å². The first-order chi connectivity index (χ1) is 13.7. The Morgan fingerprint density at radius 3 is 1.26 bits per heavy atom. The average Bonchev–Trinajstić information content (AvgIpc) is 2.53. The Bertz CT molecular complexity index is 478. The molecule has 0 aliphatic carbocycles. The Kier molecular flexibility index (Phi) is 14.6. The fourth-order valence-electron chi connectivity index (χ4n) is 2.00. The first-order valence-corrected chi connectivity index (χ1v) is 11.5. The Labute approximate surface area is 191 Å². The van der Waals surface area contributed by atoms with E-state index >= 15 is 0 Å². The van der Waals surface area contributed by atoms with Gasteiger partial charge in [0.25, 0.3) is 0 Å². The highest BCUT2D eigenvalue weighted by Gasteiger charge is 2.18. The summed E-state index contributed by atoms with van der Waals surface area (Å²) in [7, 11) is 0. The van der Waals surface area contributed by atoms with Crippen molar-refractivity contribution in [3.05, 3.63) is 0 Å². The lowest BCUT2D eigenvalue weighted by Gasteiger charge is -2.19. The van der Waals surface area contributed by atoms with Gasteiger partial charge in [0.2, 0.25) is 0 Å². The largest absolute Gasteiger partial charge is 0.342 e. The van der Waals surface area contributed by atoms with Gasteiger partial charge in [0.05, 0.1) is 0 Å². The molecule has 0 bridgehead atoms. The van der Waals surface area contributed by atoms with Crippen molar-refractivity contribution in [2.45, 2.75) is 139 Å². The second kappa shape index (κ2) is 14.1. The minimum atomic E-state index is -0.433. The van der Waals surface area contributed by atoms with E-state index in [0.717, 1.165) is 25.7 Å². The summed E-state index contributed by atoms with van der Waals surface area (Å²) in [5.41, 5.74) is -0.324. The number of carbonyl (C=O) groups excluding carboxylic acids is 2. The van der Waals surface area contributed by atoms with Gasteiger partial charge in [-0.2, -0.15) is 9.78 Å². The summed E-state index contributed by atoms with van der Waals surface area (Å²) in [6.45, 7) is 24.0. The lowest BCUT2D eigenvalue weighted by molar-refractivity contribution is -0.320. The van der Waals surface area contributed by atoms with Gasteiger partial charge >= 0.3 is 11.9 Å². The summed E-state index contributed by atoms with van der Waals surface area (Å²) in [5.74, 6) is -0.564. The van der Waals surface area contributed by atoms with Crippen molar-refractivity contribution in [3.8, 4) is 0 Å². The molecule has 0 radical (unpaired) electrons. The van der Waals surface area contributed by atoms with Gasteiger partial charge in [-0.05, 0) is 71.6 Å². The molecule has 6 nitrogen and oxygen atoms in total. The van der Waals surface area contributed by atoms with E-state index in [0.29, 0.717) is 18.3 Å². The number of hydrogen-bond acceptors (Lipinski definition) is 6. The van der Waals surface area contributed by atoms with Gasteiger partial charge in [-0.1, -0.05) is 54.4 Å². The third-order valence-corrected chi connectivity index (χ3v) is 3.66.